The van der Waals surface area contributed by atoms with E-state index in [0.717, 1.165) is 37.0 Å². The Morgan fingerprint density at radius 3 is 2.29 bits per heavy atom. The predicted octanol–water partition coefficient (Wildman–Crippen LogP) is 5.08. The van der Waals surface area contributed by atoms with Crippen molar-refractivity contribution < 1.29 is 14.3 Å². The van der Waals surface area contributed by atoms with Gasteiger partial charge in [0.1, 0.15) is 12.9 Å². The highest BCUT2D eigenvalue weighted by Gasteiger charge is 2.43. The highest BCUT2D eigenvalue weighted by atomic mass is 16.5. The Hall–Kier alpha value is -3.11. The Kier molecular flexibility index (Phi) is 6.38. The van der Waals surface area contributed by atoms with Gasteiger partial charge in [-0.05, 0) is 28.8 Å². The van der Waals surface area contributed by atoms with Crippen molar-refractivity contribution >= 4 is 6.29 Å². The van der Waals surface area contributed by atoms with Gasteiger partial charge in [0.25, 0.3) is 0 Å². The van der Waals surface area contributed by atoms with Gasteiger partial charge in [0, 0.05) is 31.0 Å². The topological polar surface area (TPSA) is 38.8 Å². The highest BCUT2D eigenvalue weighted by Crippen LogP contribution is 2.44. The first-order valence-electron chi connectivity index (χ1n) is 10.7. The molecule has 1 fully saturated rings. The van der Waals surface area contributed by atoms with Crippen LogP contribution in [0.3, 0.4) is 0 Å². The summed E-state index contributed by atoms with van der Waals surface area (Å²) >= 11 is 0. The number of benzene rings is 3. The summed E-state index contributed by atoms with van der Waals surface area (Å²) in [4.78, 5) is 14.5. The molecule has 0 aromatic heterocycles. The third-order valence-corrected chi connectivity index (χ3v) is 6.15. The lowest BCUT2D eigenvalue weighted by atomic mass is 9.77. The normalized spacial score (nSPS) is 21.0. The molecule has 31 heavy (non-hydrogen) atoms. The number of likely N-dealkylation sites (tertiary alicyclic amines) is 1. The maximum atomic E-state index is 12.1. The second-order valence-electron chi connectivity index (χ2n) is 8.52. The fourth-order valence-corrected chi connectivity index (χ4v) is 4.45. The van der Waals surface area contributed by atoms with Gasteiger partial charge in [-0.3, -0.25) is 4.90 Å². The second kappa shape index (κ2) is 9.36. The maximum Gasteiger partial charge on any atom is 0.161 e. The maximum absolute atomic E-state index is 12.1. The summed E-state index contributed by atoms with van der Waals surface area (Å²) in [5, 5.41) is 0. The van der Waals surface area contributed by atoms with Crippen LogP contribution in [0.5, 0.6) is 11.5 Å². The van der Waals surface area contributed by atoms with Crippen LogP contribution in [0.4, 0.5) is 0 Å². The number of hydrogen-bond donors (Lipinski definition) is 0. The standard InChI is InChI=1S/C27H29NO3/c1-27(20-29)19-28(16-21-9-5-3-6-10-21)17-24(27)23-13-14-25(30-2)26(15-23)31-18-22-11-7-4-8-12-22/h3-15,20,24H,16-19H2,1-2H3/t24-,27+/m0/s1. The van der Waals surface area contributed by atoms with E-state index in [-0.39, 0.29) is 5.92 Å². The Balaban J connectivity index is 1.55. The number of hydrogen-bond acceptors (Lipinski definition) is 4. The second-order valence-corrected chi connectivity index (χ2v) is 8.52. The first kappa shape index (κ1) is 21.1. The number of nitrogens with zero attached hydrogens (tertiary/aromatic N) is 1. The lowest BCUT2D eigenvalue weighted by Gasteiger charge is -2.25. The molecular weight excluding hydrogens is 386 g/mol. The zero-order chi connectivity index (χ0) is 21.7. The van der Waals surface area contributed by atoms with Crippen molar-refractivity contribution in [1.29, 1.82) is 0 Å². The van der Waals surface area contributed by atoms with Gasteiger partial charge in [0.05, 0.1) is 7.11 Å². The third-order valence-electron chi connectivity index (χ3n) is 6.15. The molecule has 3 aromatic carbocycles. The number of methoxy groups -OCH3 is 1. The molecule has 4 nitrogen and oxygen atoms in total. The zero-order valence-electron chi connectivity index (χ0n) is 18.2. The number of aldehydes is 1. The molecule has 1 heterocycles. The Morgan fingerprint density at radius 2 is 1.65 bits per heavy atom. The third kappa shape index (κ3) is 4.80. The summed E-state index contributed by atoms with van der Waals surface area (Å²) in [6.07, 6.45) is 1.12. The van der Waals surface area contributed by atoms with Crippen LogP contribution in [0.1, 0.15) is 29.5 Å². The van der Waals surface area contributed by atoms with Crippen molar-refractivity contribution in [3.8, 4) is 11.5 Å². The van der Waals surface area contributed by atoms with E-state index in [9.17, 15) is 4.79 Å². The van der Waals surface area contributed by atoms with Crippen molar-refractivity contribution in [3.63, 3.8) is 0 Å². The molecular formula is C27H29NO3. The summed E-state index contributed by atoms with van der Waals surface area (Å²) in [5.74, 6) is 1.50. The van der Waals surface area contributed by atoms with Crippen LogP contribution in [0.25, 0.3) is 0 Å². The molecule has 3 aromatic rings. The smallest absolute Gasteiger partial charge is 0.161 e. The molecule has 0 amide bonds. The van der Waals surface area contributed by atoms with Crippen LogP contribution in [-0.2, 0) is 17.9 Å². The van der Waals surface area contributed by atoms with E-state index in [1.807, 2.05) is 48.5 Å². The first-order chi connectivity index (χ1) is 15.1. The predicted molar refractivity (Wildman–Crippen MR) is 122 cm³/mol. The average molecular weight is 416 g/mol. The molecule has 1 aliphatic rings. The van der Waals surface area contributed by atoms with Gasteiger partial charge in [-0.15, -0.1) is 0 Å². The zero-order valence-corrected chi connectivity index (χ0v) is 18.2. The molecule has 1 aliphatic heterocycles. The number of rotatable bonds is 8. The minimum absolute atomic E-state index is 0.0960. The average Bonchev–Trinajstić information content (AvgIpc) is 3.15. The molecule has 0 aliphatic carbocycles. The van der Waals surface area contributed by atoms with Crippen LogP contribution in [0.2, 0.25) is 0 Å². The number of carbonyl (C=O) groups is 1. The fraction of sp³-hybridized carbons (Fsp3) is 0.296. The molecule has 1 saturated heterocycles. The Labute approximate surface area is 184 Å². The molecule has 0 saturated carbocycles. The molecule has 0 spiro atoms. The number of carbonyl (C=O) groups excluding carboxylic acids is 1. The minimum Gasteiger partial charge on any atom is -0.493 e. The molecule has 4 rings (SSSR count). The summed E-state index contributed by atoms with van der Waals surface area (Å²) in [6.45, 7) is 4.94. The van der Waals surface area contributed by atoms with Gasteiger partial charge >= 0.3 is 0 Å². The highest BCUT2D eigenvalue weighted by molar-refractivity contribution is 5.63. The molecule has 0 bridgehead atoms. The quantitative estimate of drug-likeness (QED) is 0.481. The van der Waals surface area contributed by atoms with Crippen LogP contribution in [0.15, 0.2) is 78.9 Å². The van der Waals surface area contributed by atoms with Crippen LogP contribution < -0.4 is 9.47 Å². The van der Waals surface area contributed by atoms with Gasteiger partial charge in [-0.1, -0.05) is 73.7 Å². The first-order valence-corrected chi connectivity index (χ1v) is 10.7. The minimum atomic E-state index is -0.444. The Bertz CT molecular complexity index is 1010. The van der Waals surface area contributed by atoms with E-state index in [1.165, 1.54) is 5.56 Å². The summed E-state index contributed by atoms with van der Waals surface area (Å²) in [7, 11) is 1.65. The van der Waals surface area contributed by atoms with Crippen LogP contribution in [-0.4, -0.2) is 31.4 Å². The van der Waals surface area contributed by atoms with Crippen molar-refractivity contribution in [2.45, 2.75) is 26.0 Å². The van der Waals surface area contributed by atoms with Crippen molar-refractivity contribution in [3.05, 3.63) is 95.6 Å². The summed E-state index contributed by atoms with van der Waals surface area (Å²) < 4.78 is 11.6. The summed E-state index contributed by atoms with van der Waals surface area (Å²) in [5.41, 5.74) is 3.02. The van der Waals surface area contributed by atoms with Gasteiger partial charge in [-0.25, -0.2) is 0 Å². The van der Waals surface area contributed by atoms with Gasteiger partial charge in [0.2, 0.25) is 0 Å². The monoisotopic (exact) mass is 415 g/mol. The molecule has 0 N–H and O–H groups in total. The molecule has 2 atom stereocenters. The SMILES string of the molecule is COc1ccc([C@@H]2CN(Cc3ccccc3)C[C@]2(C)C=O)cc1OCc1ccccc1. The van der Waals surface area contributed by atoms with E-state index in [0.29, 0.717) is 18.1 Å². The molecule has 0 radical (unpaired) electrons. The van der Waals surface area contributed by atoms with Gasteiger partial charge < -0.3 is 14.3 Å². The van der Waals surface area contributed by atoms with Crippen molar-refractivity contribution in [2.24, 2.45) is 5.41 Å². The summed E-state index contributed by atoms with van der Waals surface area (Å²) in [6, 6.07) is 26.5. The van der Waals surface area contributed by atoms with Gasteiger partial charge in [-0.2, -0.15) is 0 Å². The van der Waals surface area contributed by atoms with E-state index in [1.54, 1.807) is 7.11 Å². The van der Waals surface area contributed by atoms with Crippen molar-refractivity contribution in [1.82, 2.24) is 4.90 Å². The largest absolute Gasteiger partial charge is 0.493 e. The molecule has 4 heteroatoms. The van der Waals surface area contributed by atoms with Crippen molar-refractivity contribution in [2.75, 3.05) is 20.2 Å². The van der Waals surface area contributed by atoms with Gasteiger partial charge in [0.15, 0.2) is 11.5 Å². The number of ether oxygens (including phenoxy) is 2. The molecule has 0 unspecified atom stereocenters. The Morgan fingerprint density at radius 1 is 0.968 bits per heavy atom. The van der Waals surface area contributed by atoms with E-state index in [4.69, 9.17) is 9.47 Å². The van der Waals surface area contributed by atoms with Crippen LogP contribution >= 0.6 is 0 Å². The fourth-order valence-electron chi connectivity index (χ4n) is 4.45. The lowest BCUT2D eigenvalue weighted by molar-refractivity contribution is -0.115. The molecule has 160 valence electrons. The van der Waals surface area contributed by atoms with Crippen LogP contribution in [0, 0.1) is 5.41 Å². The lowest BCUT2D eigenvalue weighted by Crippen LogP contribution is -2.28. The van der Waals surface area contributed by atoms with E-state index in [2.05, 4.69) is 42.2 Å². The van der Waals surface area contributed by atoms with E-state index >= 15 is 0 Å². The van der Waals surface area contributed by atoms with E-state index < -0.39 is 5.41 Å².